The Kier molecular flexibility index (Phi) is 6.41. The molecule has 150 valence electrons. The summed E-state index contributed by atoms with van der Waals surface area (Å²) in [6.07, 6.45) is 0. The van der Waals surface area contributed by atoms with Gasteiger partial charge in [-0.15, -0.1) is 0 Å². The lowest BCUT2D eigenvalue weighted by molar-refractivity contribution is 0.0694. The fourth-order valence-electron chi connectivity index (χ4n) is 2.94. The molecule has 2 aromatic rings. The third kappa shape index (κ3) is 4.23. The van der Waals surface area contributed by atoms with Gasteiger partial charge in [0.05, 0.1) is 27.6 Å². The van der Waals surface area contributed by atoms with Crippen molar-refractivity contribution in [1.82, 2.24) is 9.21 Å². The van der Waals surface area contributed by atoms with Gasteiger partial charge in [-0.25, -0.2) is 8.42 Å². The van der Waals surface area contributed by atoms with Crippen LogP contribution in [-0.4, -0.2) is 56.8 Å². The summed E-state index contributed by atoms with van der Waals surface area (Å²) in [6.45, 7) is 0.818. The number of sulfonamides is 1. The highest BCUT2D eigenvalue weighted by molar-refractivity contribution is 7.89. The van der Waals surface area contributed by atoms with E-state index in [1.807, 2.05) is 0 Å². The number of halogens is 3. The average molecular weight is 464 g/mol. The molecule has 2 aromatic carbocycles. The zero-order valence-electron chi connectivity index (χ0n) is 14.9. The van der Waals surface area contributed by atoms with Crippen LogP contribution in [0, 0.1) is 0 Å². The molecule has 0 aromatic heterocycles. The number of nitrogens with zero attached hydrogens (tertiary/aromatic N) is 2. The summed E-state index contributed by atoms with van der Waals surface area (Å²) in [4.78, 5) is 14.5. The van der Waals surface area contributed by atoms with E-state index in [1.165, 1.54) is 29.6 Å². The molecule has 0 atom stereocenters. The first-order chi connectivity index (χ1) is 13.2. The normalized spacial score (nSPS) is 15.5. The molecule has 0 spiro atoms. The Bertz CT molecular complexity index is 1010. The van der Waals surface area contributed by atoms with E-state index in [1.54, 1.807) is 23.1 Å². The standard InChI is InChI=1S/C18H17Cl3N2O4S/c1-27-17-5-2-12(19)10-14(17)18(24)22-6-8-23(9-7-22)28(25,26)13-3-4-15(20)16(21)11-13/h2-5,10-11H,6-9H2,1H3. The van der Waals surface area contributed by atoms with Crippen molar-refractivity contribution in [2.45, 2.75) is 4.90 Å². The molecule has 10 heteroatoms. The van der Waals surface area contributed by atoms with Crippen LogP contribution in [0.15, 0.2) is 41.3 Å². The van der Waals surface area contributed by atoms with Crippen LogP contribution in [0.1, 0.15) is 10.4 Å². The van der Waals surface area contributed by atoms with Crippen molar-refractivity contribution in [3.8, 4) is 5.75 Å². The number of hydrogen-bond donors (Lipinski definition) is 0. The minimum atomic E-state index is -3.73. The summed E-state index contributed by atoms with van der Waals surface area (Å²) in [5.74, 6) is 0.159. The molecule has 1 amide bonds. The van der Waals surface area contributed by atoms with Crippen molar-refractivity contribution in [3.05, 3.63) is 57.0 Å². The monoisotopic (exact) mass is 462 g/mol. The minimum absolute atomic E-state index is 0.0678. The predicted octanol–water partition coefficient (Wildman–Crippen LogP) is 3.80. The molecule has 28 heavy (non-hydrogen) atoms. The van der Waals surface area contributed by atoms with E-state index in [9.17, 15) is 13.2 Å². The number of hydrogen-bond acceptors (Lipinski definition) is 4. The first kappa shape index (κ1) is 21.2. The quantitative estimate of drug-likeness (QED) is 0.692. The number of ether oxygens (including phenoxy) is 1. The summed E-state index contributed by atoms with van der Waals surface area (Å²) >= 11 is 17.8. The van der Waals surface area contributed by atoms with Crippen LogP contribution in [0.2, 0.25) is 15.1 Å². The van der Waals surface area contributed by atoms with Gasteiger partial charge in [-0.3, -0.25) is 4.79 Å². The van der Waals surface area contributed by atoms with Gasteiger partial charge in [0.2, 0.25) is 10.0 Å². The van der Waals surface area contributed by atoms with Gasteiger partial charge in [-0.05, 0) is 36.4 Å². The Morgan fingerprint density at radius 3 is 2.25 bits per heavy atom. The third-order valence-electron chi connectivity index (χ3n) is 4.45. The summed E-state index contributed by atoms with van der Waals surface area (Å²) in [7, 11) is -2.25. The molecule has 0 radical (unpaired) electrons. The van der Waals surface area contributed by atoms with E-state index in [4.69, 9.17) is 39.5 Å². The Morgan fingerprint density at radius 1 is 0.964 bits per heavy atom. The van der Waals surface area contributed by atoms with Gasteiger partial charge in [-0.1, -0.05) is 34.8 Å². The largest absolute Gasteiger partial charge is 0.496 e. The smallest absolute Gasteiger partial charge is 0.257 e. The zero-order chi connectivity index (χ0) is 20.5. The molecule has 0 bridgehead atoms. The van der Waals surface area contributed by atoms with E-state index in [2.05, 4.69) is 0 Å². The van der Waals surface area contributed by atoms with Gasteiger partial charge < -0.3 is 9.64 Å². The Hall–Kier alpha value is -1.51. The molecule has 6 nitrogen and oxygen atoms in total. The highest BCUT2D eigenvalue weighted by Gasteiger charge is 2.31. The number of carbonyl (C=O) groups excluding carboxylic acids is 1. The van der Waals surface area contributed by atoms with Gasteiger partial charge in [0.15, 0.2) is 0 Å². The topological polar surface area (TPSA) is 66.9 Å². The lowest BCUT2D eigenvalue weighted by Crippen LogP contribution is -2.50. The number of benzene rings is 2. The van der Waals surface area contributed by atoms with Crippen molar-refractivity contribution < 1.29 is 17.9 Å². The van der Waals surface area contributed by atoms with Crippen LogP contribution in [0.25, 0.3) is 0 Å². The van der Waals surface area contributed by atoms with Crippen molar-refractivity contribution >= 4 is 50.7 Å². The van der Waals surface area contributed by atoms with Crippen molar-refractivity contribution in [2.24, 2.45) is 0 Å². The number of carbonyl (C=O) groups is 1. The van der Waals surface area contributed by atoms with Gasteiger partial charge in [0.25, 0.3) is 5.91 Å². The second-order valence-electron chi connectivity index (χ2n) is 6.12. The molecule has 0 N–H and O–H groups in total. The first-order valence-electron chi connectivity index (χ1n) is 8.32. The maximum absolute atomic E-state index is 12.8. The Morgan fingerprint density at radius 2 is 1.64 bits per heavy atom. The van der Waals surface area contributed by atoms with Crippen molar-refractivity contribution in [1.29, 1.82) is 0 Å². The lowest BCUT2D eigenvalue weighted by Gasteiger charge is -2.34. The second kappa shape index (κ2) is 8.47. The Labute approximate surface area is 178 Å². The molecule has 0 aliphatic carbocycles. The van der Waals surface area contributed by atoms with Crippen LogP contribution in [0.3, 0.4) is 0 Å². The van der Waals surface area contributed by atoms with Crippen LogP contribution in [0.5, 0.6) is 5.75 Å². The minimum Gasteiger partial charge on any atom is -0.496 e. The maximum atomic E-state index is 12.8. The van der Waals surface area contributed by atoms with E-state index < -0.39 is 10.0 Å². The fourth-order valence-corrected chi connectivity index (χ4v) is 4.92. The molecule has 1 fully saturated rings. The fraction of sp³-hybridized carbons (Fsp3) is 0.278. The van der Waals surface area contributed by atoms with Crippen LogP contribution in [-0.2, 0) is 10.0 Å². The van der Waals surface area contributed by atoms with Gasteiger partial charge in [-0.2, -0.15) is 4.31 Å². The van der Waals surface area contributed by atoms with E-state index in [0.717, 1.165) is 0 Å². The lowest BCUT2D eigenvalue weighted by atomic mass is 10.1. The molecule has 3 rings (SSSR count). The average Bonchev–Trinajstić information content (AvgIpc) is 2.69. The summed E-state index contributed by atoms with van der Waals surface area (Å²) < 4.78 is 32.2. The number of rotatable bonds is 4. The SMILES string of the molecule is COc1ccc(Cl)cc1C(=O)N1CCN(S(=O)(=O)c2ccc(Cl)c(Cl)c2)CC1. The molecule has 0 saturated carbocycles. The first-order valence-corrected chi connectivity index (χ1v) is 10.9. The van der Waals surface area contributed by atoms with Crippen molar-refractivity contribution in [2.75, 3.05) is 33.3 Å². The van der Waals surface area contributed by atoms with E-state index >= 15 is 0 Å². The molecule has 1 saturated heterocycles. The molecule has 1 aliphatic heterocycles. The number of piperazine rings is 1. The maximum Gasteiger partial charge on any atom is 0.257 e. The van der Waals surface area contributed by atoms with Crippen LogP contribution >= 0.6 is 34.8 Å². The molecular weight excluding hydrogens is 447 g/mol. The summed E-state index contributed by atoms with van der Waals surface area (Å²) in [5.41, 5.74) is 0.343. The Balaban J connectivity index is 1.74. The number of amides is 1. The van der Waals surface area contributed by atoms with Gasteiger partial charge >= 0.3 is 0 Å². The van der Waals surface area contributed by atoms with E-state index in [0.29, 0.717) is 16.3 Å². The van der Waals surface area contributed by atoms with Crippen LogP contribution < -0.4 is 4.74 Å². The highest BCUT2D eigenvalue weighted by atomic mass is 35.5. The third-order valence-corrected chi connectivity index (χ3v) is 7.32. The predicted molar refractivity (Wildman–Crippen MR) is 109 cm³/mol. The molecular formula is C18H17Cl3N2O4S. The molecule has 1 heterocycles. The van der Waals surface area contributed by atoms with E-state index in [-0.39, 0.29) is 47.0 Å². The second-order valence-corrected chi connectivity index (χ2v) is 9.31. The number of methoxy groups -OCH3 is 1. The highest BCUT2D eigenvalue weighted by Crippen LogP contribution is 2.28. The van der Waals surface area contributed by atoms with Gasteiger partial charge in [0, 0.05) is 31.2 Å². The van der Waals surface area contributed by atoms with Crippen LogP contribution in [0.4, 0.5) is 0 Å². The van der Waals surface area contributed by atoms with Crippen molar-refractivity contribution in [3.63, 3.8) is 0 Å². The summed E-state index contributed by atoms with van der Waals surface area (Å²) in [6, 6.07) is 8.99. The zero-order valence-corrected chi connectivity index (χ0v) is 17.9. The van der Waals surface area contributed by atoms with Gasteiger partial charge in [0.1, 0.15) is 5.75 Å². The molecule has 0 unspecified atom stereocenters. The summed E-state index contributed by atoms with van der Waals surface area (Å²) in [5, 5.41) is 0.876. The molecule has 1 aliphatic rings.